The fraction of sp³-hybridized carbons (Fsp3) is 0. The zero-order valence-corrected chi connectivity index (χ0v) is 12.4. The van der Waals surface area contributed by atoms with Crippen molar-refractivity contribution in [3.63, 3.8) is 0 Å². The molecule has 0 spiro atoms. The maximum absolute atomic E-state index is 13.3. The Labute approximate surface area is 134 Å². The van der Waals surface area contributed by atoms with Gasteiger partial charge < -0.3 is 0 Å². The summed E-state index contributed by atoms with van der Waals surface area (Å²) in [6.07, 6.45) is 1.79. The molecule has 2 heteroatoms. The van der Waals surface area contributed by atoms with Gasteiger partial charge in [0, 0.05) is 11.8 Å². The molecule has 3 aromatic carbocycles. The molecule has 4 rings (SSSR count). The van der Waals surface area contributed by atoms with Gasteiger partial charge in [-0.25, -0.2) is 4.39 Å². The van der Waals surface area contributed by atoms with E-state index >= 15 is 0 Å². The van der Waals surface area contributed by atoms with E-state index in [9.17, 15) is 4.39 Å². The number of pyridine rings is 1. The van der Waals surface area contributed by atoms with E-state index in [-0.39, 0.29) is 5.82 Å². The number of hydrogen-bond acceptors (Lipinski definition) is 1. The molecule has 0 aliphatic rings. The van der Waals surface area contributed by atoms with E-state index in [1.807, 2.05) is 42.5 Å². The number of rotatable bonds is 2. The summed E-state index contributed by atoms with van der Waals surface area (Å²) in [6.45, 7) is 0. The molecule has 1 nitrogen and oxygen atoms in total. The van der Waals surface area contributed by atoms with Crippen LogP contribution in [-0.4, -0.2) is 4.98 Å². The zero-order valence-electron chi connectivity index (χ0n) is 12.4. The van der Waals surface area contributed by atoms with Crippen molar-refractivity contribution < 1.29 is 4.39 Å². The maximum atomic E-state index is 13.3. The van der Waals surface area contributed by atoms with Crippen molar-refractivity contribution in [1.29, 1.82) is 0 Å². The minimum absolute atomic E-state index is 0.228. The fourth-order valence-corrected chi connectivity index (χ4v) is 2.84. The van der Waals surface area contributed by atoms with Gasteiger partial charge >= 0.3 is 0 Å². The van der Waals surface area contributed by atoms with Crippen LogP contribution in [0, 0.1) is 5.82 Å². The predicted octanol–water partition coefficient (Wildman–Crippen LogP) is 5.71. The molecular weight excluding hydrogens is 285 g/mol. The Morgan fingerprint density at radius 2 is 1.30 bits per heavy atom. The Kier molecular flexibility index (Phi) is 3.35. The minimum atomic E-state index is -0.228. The van der Waals surface area contributed by atoms with E-state index in [0.717, 1.165) is 27.8 Å². The molecule has 110 valence electrons. The van der Waals surface area contributed by atoms with Crippen LogP contribution in [0.5, 0.6) is 0 Å². The molecule has 1 aromatic heterocycles. The van der Waals surface area contributed by atoms with Gasteiger partial charge in [0.1, 0.15) is 5.82 Å². The summed E-state index contributed by atoms with van der Waals surface area (Å²) >= 11 is 0. The first-order valence-corrected chi connectivity index (χ1v) is 7.51. The molecule has 0 saturated heterocycles. The third-order valence-electron chi connectivity index (χ3n) is 3.98. The highest BCUT2D eigenvalue weighted by atomic mass is 19.1. The quantitative estimate of drug-likeness (QED) is 0.462. The monoisotopic (exact) mass is 299 g/mol. The Balaban J connectivity index is 2.02. The second-order valence-corrected chi connectivity index (χ2v) is 5.47. The van der Waals surface area contributed by atoms with E-state index in [1.165, 1.54) is 17.5 Å². The highest BCUT2D eigenvalue weighted by molar-refractivity contribution is 5.95. The molecule has 0 fully saturated rings. The van der Waals surface area contributed by atoms with Gasteiger partial charge in [0.05, 0.1) is 5.69 Å². The molecule has 0 aliphatic heterocycles. The van der Waals surface area contributed by atoms with Crippen molar-refractivity contribution in [2.45, 2.75) is 0 Å². The van der Waals surface area contributed by atoms with Gasteiger partial charge in [0.25, 0.3) is 0 Å². The molecule has 0 aliphatic carbocycles. The van der Waals surface area contributed by atoms with Gasteiger partial charge in [-0.2, -0.15) is 0 Å². The Morgan fingerprint density at radius 3 is 1.96 bits per heavy atom. The molecule has 0 amide bonds. The van der Waals surface area contributed by atoms with Crippen LogP contribution in [0.3, 0.4) is 0 Å². The molecule has 0 N–H and O–H groups in total. The van der Waals surface area contributed by atoms with Gasteiger partial charge in [-0.1, -0.05) is 42.5 Å². The van der Waals surface area contributed by atoms with Crippen LogP contribution >= 0.6 is 0 Å². The molecule has 0 radical (unpaired) electrons. The minimum Gasteiger partial charge on any atom is -0.256 e. The molecule has 0 unspecified atom stereocenters. The van der Waals surface area contributed by atoms with Crippen molar-refractivity contribution in [2.24, 2.45) is 0 Å². The van der Waals surface area contributed by atoms with E-state index in [4.69, 9.17) is 0 Å². The van der Waals surface area contributed by atoms with E-state index in [0.29, 0.717) is 0 Å². The van der Waals surface area contributed by atoms with Gasteiger partial charge in [-0.15, -0.1) is 0 Å². The third kappa shape index (κ3) is 2.59. The van der Waals surface area contributed by atoms with Crippen LogP contribution < -0.4 is 0 Å². The molecular formula is C21H14FN. The largest absolute Gasteiger partial charge is 0.256 e. The standard InChI is InChI=1S/C21H14FN/c22-18-10-8-15(9-11-18)19-13-16-5-1-2-6-17(16)14-20(19)21-7-3-4-12-23-21/h1-14H. The van der Waals surface area contributed by atoms with Crippen molar-refractivity contribution in [2.75, 3.05) is 0 Å². The lowest BCUT2D eigenvalue weighted by Crippen LogP contribution is -1.89. The number of hydrogen-bond donors (Lipinski definition) is 0. The first-order valence-electron chi connectivity index (χ1n) is 7.51. The van der Waals surface area contributed by atoms with Crippen LogP contribution in [0.1, 0.15) is 0 Å². The van der Waals surface area contributed by atoms with Crippen molar-refractivity contribution in [3.8, 4) is 22.4 Å². The summed E-state index contributed by atoms with van der Waals surface area (Å²) < 4.78 is 13.3. The Bertz CT molecular complexity index is 960. The summed E-state index contributed by atoms with van der Waals surface area (Å²) in [4.78, 5) is 4.49. The summed E-state index contributed by atoms with van der Waals surface area (Å²) in [5.41, 5.74) is 4.01. The molecule has 4 aromatic rings. The highest BCUT2D eigenvalue weighted by Gasteiger charge is 2.10. The summed E-state index contributed by atoms with van der Waals surface area (Å²) in [7, 11) is 0. The molecule has 0 saturated carbocycles. The molecule has 0 bridgehead atoms. The first kappa shape index (κ1) is 13.6. The van der Waals surface area contributed by atoms with E-state index in [1.54, 1.807) is 6.20 Å². The van der Waals surface area contributed by atoms with Gasteiger partial charge in [0.2, 0.25) is 0 Å². The lowest BCUT2D eigenvalue weighted by atomic mass is 9.93. The second-order valence-electron chi connectivity index (χ2n) is 5.47. The van der Waals surface area contributed by atoms with Crippen molar-refractivity contribution in [3.05, 3.63) is 90.9 Å². The van der Waals surface area contributed by atoms with Gasteiger partial charge in [0.15, 0.2) is 0 Å². The van der Waals surface area contributed by atoms with Crippen LogP contribution in [0.2, 0.25) is 0 Å². The lowest BCUT2D eigenvalue weighted by molar-refractivity contribution is 0.628. The Hall–Kier alpha value is -3.00. The lowest BCUT2D eigenvalue weighted by Gasteiger charge is -2.12. The van der Waals surface area contributed by atoms with Crippen LogP contribution in [0.25, 0.3) is 33.2 Å². The second kappa shape index (κ2) is 5.65. The number of benzene rings is 3. The number of fused-ring (bicyclic) bond motifs is 1. The van der Waals surface area contributed by atoms with Crippen LogP contribution in [0.15, 0.2) is 85.1 Å². The normalized spacial score (nSPS) is 10.8. The number of nitrogens with zero attached hydrogens (tertiary/aromatic N) is 1. The Morgan fingerprint density at radius 1 is 0.652 bits per heavy atom. The average molecular weight is 299 g/mol. The third-order valence-corrected chi connectivity index (χ3v) is 3.98. The fourth-order valence-electron chi connectivity index (χ4n) is 2.84. The number of halogens is 1. The first-order chi connectivity index (χ1) is 11.3. The summed E-state index contributed by atoms with van der Waals surface area (Å²) in [5.74, 6) is -0.228. The summed E-state index contributed by atoms with van der Waals surface area (Å²) in [6, 6.07) is 25.0. The SMILES string of the molecule is Fc1ccc(-c2cc3ccccc3cc2-c2ccccn2)cc1. The predicted molar refractivity (Wildman–Crippen MR) is 92.6 cm³/mol. The molecule has 1 heterocycles. The topological polar surface area (TPSA) is 12.9 Å². The zero-order chi connectivity index (χ0) is 15.6. The maximum Gasteiger partial charge on any atom is 0.123 e. The van der Waals surface area contributed by atoms with Gasteiger partial charge in [-0.3, -0.25) is 4.98 Å². The van der Waals surface area contributed by atoms with Crippen LogP contribution in [0.4, 0.5) is 4.39 Å². The molecule has 23 heavy (non-hydrogen) atoms. The average Bonchev–Trinajstić information content (AvgIpc) is 2.62. The van der Waals surface area contributed by atoms with Gasteiger partial charge in [-0.05, 0) is 58.3 Å². The van der Waals surface area contributed by atoms with Crippen molar-refractivity contribution in [1.82, 2.24) is 4.98 Å². The van der Waals surface area contributed by atoms with Crippen molar-refractivity contribution >= 4 is 10.8 Å². The highest BCUT2D eigenvalue weighted by Crippen LogP contribution is 2.34. The van der Waals surface area contributed by atoms with E-state index in [2.05, 4.69) is 29.2 Å². The van der Waals surface area contributed by atoms with Crippen LogP contribution in [-0.2, 0) is 0 Å². The smallest absolute Gasteiger partial charge is 0.123 e. The molecule has 0 atom stereocenters. The number of aromatic nitrogens is 1. The summed E-state index contributed by atoms with van der Waals surface area (Å²) in [5, 5.41) is 2.32. The van der Waals surface area contributed by atoms with E-state index < -0.39 is 0 Å².